The Hall–Kier alpha value is -4.91. The summed E-state index contributed by atoms with van der Waals surface area (Å²) in [6.07, 6.45) is 3.14. The summed E-state index contributed by atoms with van der Waals surface area (Å²) < 4.78 is 11.4. The highest BCUT2D eigenvalue weighted by molar-refractivity contribution is 7.21. The second-order valence-electron chi connectivity index (χ2n) is 10.5. The molecule has 12 heteroatoms. The summed E-state index contributed by atoms with van der Waals surface area (Å²) in [5.41, 5.74) is 4.53. The number of nitrogens with one attached hydrogen (secondary N) is 2. The van der Waals surface area contributed by atoms with Crippen molar-refractivity contribution in [2.24, 2.45) is 0 Å². The van der Waals surface area contributed by atoms with Crippen LogP contribution in [0.15, 0.2) is 73.2 Å². The molecule has 0 saturated carbocycles. The van der Waals surface area contributed by atoms with Gasteiger partial charge < -0.3 is 20.1 Å². The minimum atomic E-state index is -0.418. The Morgan fingerprint density at radius 1 is 1.07 bits per heavy atom. The van der Waals surface area contributed by atoms with Crippen molar-refractivity contribution in [1.82, 2.24) is 19.9 Å². The van der Waals surface area contributed by atoms with Crippen LogP contribution in [0.4, 0.5) is 27.7 Å². The lowest BCUT2D eigenvalue weighted by molar-refractivity contribution is 0.0342. The van der Waals surface area contributed by atoms with E-state index in [0.29, 0.717) is 50.3 Å². The molecule has 2 aromatic carbocycles. The molecule has 222 valence electrons. The number of ether oxygens (including phenoxy) is 2. The number of rotatable bonds is 8. The molecule has 0 bridgehead atoms. The summed E-state index contributed by atoms with van der Waals surface area (Å²) in [5.74, 6) is 0.779. The van der Waals surface area contributed by atoms with Gasteiger partial charge in [-0.1, -0.05) is 18.2 Å². The second-order valence-corrected chi connectivity index (χ2v) is 11.5. The van der Waals surface area contributed by atoms with Crippen molar-refractivity contribution in [1.29, 1.82) is 0 Å². The highest BCUT2D eigenvalue weighted by atomic mass is 32.1. The minimum absolute atomic E-state index is 0.325. The maximum absolute atomic E-state index is 13.5. The van der Waals surface area contributed by atoms with Crippen molar-refractivity contribution in [3.63, 3.8) is 0 Å². The van der Waals surface area contributed by atoms with E-state index < -0.39 is 6.03 Å². The fraction of sp³-hybridized carbons (Fsp3) is 0.219. The Kier molecular flexibility index (Phi) is 7.61. The van der Waals surface area contributed by atoms with E-state index in [-0.39, 0.29) is 5.91 Å². The molecule has 2 aliphatic rings. The van der Waals surface area contributed by atoms with Gasteiger partial charge in [0.05, 0.1) is 35.7 Å². The molecule has 2 N–H and O–H groups in total. The van der Waals surface area contributed by atoms with Crippen LogP contribution in [0.25, 0.3) is 10.2 Å². The van der Waals surface area contributed by atoms with E-state index in [2.05, 4.69) is 30.5 Å². The number of thiophene rings is 1. The summed E-state index contributed by atoms with van der Waals surface area (Å²) in [7, 11) is 0. The van der Waals surface area contributed by atoms with E-state index in [9.17, 15) is 9.59 Å². The molecule has 7 rings (SSSR count). The largest absolute Gasteiger partial charge is 0.487 e. The quantitative estimate of drug-likeness (QED) is 0.229. The fourth-order valence-corrected chi connectivity index (χ4v) is 6.32. The predicted octanol–water partition coefficient (Wildman–Crippen LogP) is 5.74. The standard InChI is InChI=1S/C32H29N7O4S/c1-20-16-24(9-10-25(20)43-18-23-4-2-3-11-33-23)39-29-26-27(37-32(39)41)28(44-31(26)35-19-34-29)30(40)36-22-7-5-21(6-8-22)17-38-12-14-42-15-13-38/h2-11,16,19H,12-15,17-18H2,1H3,(H,36,40)(H,37,41). The van der Waals surface area contributed by atoms with Gasteiger partial charge in [0.2, 0.25) is 0 Å². The highest BCUT2D eigenvalue weighted by Gasteiger charge is 2.34. The summed E-state index contributed by atoms with van der Waals surface area (Å²) in [4.78, 5) is 44.9. The number of hydrogen-bond donors (Lipinski definition) is 2. The first-order valence-corrected chi connectivity index (χ1v) is 15.1. The minimum Gasteiger partial charge on any atom is -0.487 e. The molecule has 0 atom stereocenters. The lowest BCUT2D eigenvalue weighted by Gasteiger charge is -2.27. The van der Waals surface area contributed by atoms with Crippen molar-refractivity contribution in [2.75, 3.05) is 41.8 Å². The van der Waals surface area contributed by atoms with Crippen LogP contribution in [0, 0.1) is 6.92 Å². The van der Waals surface area contributed by atoms with E-state index in [1.807, 2.05) is 67.6 Å². The van der Waals surface area contributed by atoms with Gasteiger partial charge in [-0.15, -0.1) is 11.3 Å². The summed E-state index contributed by atoms with van der Waals surface area (Å²) >= 11 is 1.22. The molecule has 44 heavy (non-hydrogen) atoms. The van der Waals surface area contributed by atoms with Gasteiger partial charge in [-0.25, -0.2) is 19.7 Å². The number of nitrogens with zero attached hydrogens (tertiary/aromatic N) is 5. The van der Waals surface area contributed by atoms with Crippen molar-refractivity contribution >= 4 is 56.4 Å². The van der Waals surface area contributed by atoms with E-state index in [4.69, 9.17) is 9.47 Å². The molecule has 2 aliphatic heterocycles. The van der Waals surface area contributed by atoms with Gasteiger partial charge in [-0.2, -0.15) is 0 Å². The van der Waals surface area contributed by atoms with Gasteiger partial charge in [0.25, 0.3) is 5.91 Å². The normalized spacial score (nSPS) is 14.8. The van der Waals surface area contributed by atoms with E-state index in [1.54, 1.807) is 6.20 Å². The van der Waals surface area contributed by atoms with Crippen molar-refractivity contribution < 1.29 is 19.1 Å². The molecular weight excluding hydrogens is 578 g/mol. The van der Waals surface area contributed by atoms with Crippen LogP contribution in [0.3, 0.4) is 0 Å². The van der Waals surface area contributed by atoms with E-state index in [0.717, 1.165) is 49.7 Å². The lowest BCUT2D eigenvalue weighted by Crippen LogP contribution is -2.35. The molecule has 1 fully saturated rings. The zero-order valence-electron chi connectivity index (χ0n) is 23.9. The Morgan fingerprint density at radius 2 is 1.91 bits per heavy atom. The number of pyridine rings is 1. The number of urea groups is 1. The Bertz CT molecular complexity index is 1840. The van der Waals surface area contributed by atoms with Crippen LogP contribution >= 0.6 is 11.3 Å². The monoisotopic (exact) mass is 607 g/mol. The SMILES string of the molecule is Cc1cc(N2C(=O)Nc3c(C(=O)Nc4ccc(CN5CCOCC5)cc4)sc4ncnc2c34)ccc1OCc1ccccn1. The first kappa shape index (κ1) is 27.9. The number of aryl methyl sites for hydroxylation is 1. The molecule has 5 aromatic rings. The van der Waals surface area contributed by atoms with Crippen molar-refractivity contribution in [2.45, 2.75) is 20.1 Å². The second kappa shape index (κ2) is 12.0. The molecule has 0 unspecified atom stereocenters. The molecule has 0 spiro atoms. The number of benzene rings is 2. The molecule has 1 saturated heterocycles. The number of carbonyl (C=O) groups is 2. The fourth-order valence-electron chi connectivity index (χ4n) is 5.33. The van der Waals surface area contributed by atoms with Crippen LogP contribution in [0.5, 0.6) is 5.75 Å². The zero-order chi connectivity index (χ0) is 30.0. The maximum Gasteiger partial charge on any atom is 0.332 e. The van der Waals surface area contributed by atoms with E-state index >= 15 is 0 Å². The number of morpholine rings is 1. The maximum atomic E-state index is 13.5. The highest BCUT2D eigenvalue weighted by Crippen LogP contribution is 2.45. The number of hydrogen-bond acceptors (Lipinski definition) is 9. The smallest absolute Gasteiger partial charge is 0.332 e. The van der Waals surface area contributed by atoms with Crippen LogP contribution in [0.1, 0.15) is 26.5 Å². The van der Waals surface area contributed by atoms with Crippen LogP contribution in [-0.4, -0.2) is 58.1 Å². The average molecular weight is 608 g/mol. The molecule has 5 heterocycles. The molecule has 0 radical (unpaired) electrons. The summed E-state index contributed by atoms with van der Waals surface area (Å²) in [6.45, 7) is 6.41. The van der Waals surface area contributed by atoms with Crippen LogP contribution < -0.4 is 20.3 Å². The third kappa shape index (κ3) is 5.57. The summed E-state index contributed by atoms with van der Waals surface area (Å²) in [5, 5.41) is 6.52. The zero-order valence-corrected chi connectivity index (χ0v) is 24.8. The molecule has 3 aromatic heterocycles. The first-order chi connectivity index (χ1) is 21.5. The Balaban J connectivity index is 1.11. The third-order valence-corrected chi connectivity index (χ3v) is 8.66. The van der Waals surface area contributed by atoms with Gasteiger partial charge >= 0.3 is 6.03 Å². The molecule has 0 aliphatic carbocycles. The van der Waals surface area contributed by atoms with Gasteiger partial charge in [-0.3, -0.25) is 14.7 Å². The van der Waals surface area contributed by atoms with Crippen molar-refractivity contribution in [3.8, 4) is 5.75 Å². The molecular formula is C32H29N7O4S. The Labute approximate surface area is 257 Å². The van der Waals surface area contributed by atoms with Crippen molar-refractivity contribution in [3.05, 3.63) is 94.9 Å². The molecule has 11 nitrogen and oxygen atoms in total. The van der Waals surface area contributed by atoms with Gasteiger partial charge in [0.1, 0.15) is 28.4 Å². The topological polar surface area (TPSA) is 122 Å². The van der Waals surface area contributed by atoms with Gasteiger partial charge in [0.15, 0.2) is 5.82 Å². The lowest BCUT2D eigenvalue weighted by atomic mass is 10.1. The van der Waals surface area contributed by atoms with Crippen LogP contribution in [-0.2, 0) is 17.9 Å². The summed E-state index contributed by atoms with van der Waals surface area (Å²) in [6, 6.07) is 18.6. The van der Waals surface area contributed by atoms with Gasteiger partial charge in [0, 0.05) is 31.5 Å². The van der Waals surface area contributed by atoms with Gasteiger partial charge in [-0.05, 0) is 60.5 Å². The predicted molar refractivity (Wildman–Crippen MR) is 169 cm³/mol. The third-order valence-electron chi connectivity index (χ3n) is 7.56. The average Bonchev–Trinajstić information content (AvgIpc) is 3.42. The Morgan fingerprint density at radius 3 is 2.68 bits per heavy atom. The number of amides is 3. The first-order valence-electron chi connectivity index (χ1n) is 14.3. The van der Waals surface area contributed by atoms with Crippen LogP contribution in [0.2, 0.25) is 0 Å². The number of carbonyl (C=O) groups excluding carboxylic acids is 2. The molecule has 3 amide bonds. The number of aromatic nitrogens is 3. The van der Waals surface area contributed by atoms with E-state index in [1.165, 1.54) is 22.6 Å². The number of anilines is 4.